The average Bonchev–Trinajstić information content (AvgIpc) is 3.08. The minimum Gasteiger partial charge on any atom is -0.389 e. The van der Waals surface area contributed by atoms with Crippen molar-refractivity contribution in [3.05, 3.63) is 71.8 Å². The van der Waals surface area contributed by atoms with Crippen LogP contribution in [-0.4, -0.2) is 29.4 Å². The van der Waals surface area contributed by atoms with E-state index in [0.29, 0.717) is 32.2 Å². The lowest BCUT2D eigenvalue weighted by atomic mass is 9.95. The third-order valence-corrected chi connectivity index (χ3v) is 5.10. The number of hydrogen-bond acceptors (Lipinski definition) is 3. The summed E-state index contributed by atoms with van der Waals surface area (Å²) < 4.78 is 0. The molecule has 0 spiro atoms. The number of allylic oxidation sites excluding steroid dienone is 5. The van der Waals surface area contributed by atoms with Crippen LogP contribution in [0.25, 0.3) is 0 Å². The molecule has 0 aliphatic heterocycles. The van der Waals surface area contributed by atoms with Crippen LogP contribution in [0.5, 0.6) is 0 Å². The summed E-state index contributed by atoms with van der Waals surface area (Å²) in [4.78, 5) is 23.6. The SMILES string of the molecule is CCNC(=O)CCC/C=C\C[C@H]1C(=O)CC=C1/C=C/[C@@H](O)CCc1ccccc1. The molecule has 0 saturated carbocycles. The van der Waals surface area contributed by atoms with Crippen molar-refractivity contribution in [2.75, 3.05) is 6.54 Å². The predicted molar refractivity (Wildman–Crippen MR) is 117 cm³/mol. The Kier molecular flexibility index (Phi) is 10.1. The summed E-state index contributed by atoms with van der Waals surface area (Å²) in [5, 5.41) is 13.0. The van der Waals surface area contributed by atoms with Crippen LogP contribution in [0.15, 0.2) is 66.3 Å². The highest BCUT2D eigenvalue weighted by Gasteiger charge is 2.24. The standard InChI is InChI=1S/C25H33NO3/c1-2-26-25(29)13-9-4-3-8-12-23-21(16-19-24(23)28)15-18-22(27)17-14-20-10-6-5-7-11-20/h3,5-8,10-11,15-16,18,22-23,27H,2,4,9,12-14,17,19H2,1H3,(H,26,29)/b8-3-,18-15+/t22-,23+/m0/s1. The van der Waals surface area contributed by atoms with Gasteiger partial charge in [-0.15, -0.1) is 0 Å². The monoisotopic (exact) mass is 395 g/mol. The number of aliphatic hydroxyl groups excluding tert-OH is 1. The van der Waals surface area contributed by atoms with Crippen LogP contribution in [0.3, 0.4) is 0 Å². The highest BCUT2D eigenvalue weighted by molar-refractivity contribution is 5.89. The maximum absolute atomic E-state index is 12.2. The van der Waals surface area contributed by atoms with Crippen molar-refractivity contribution < 1.29 is 14.7 Å². The Labute approximate surface area is 174 Å². The van der Waals surface area contributed by atoms with Gasteiger partial charge in [-0.05, 0) is 50.2 Å². The normalized spacial score (nSPS) is 17.8. The number of ketones is 1. The topological polar surface area (TPSA) is 66.4 Å². The van der Waals surface area contributed by atoms with E-state index < -0.39 is 6.10 Å². The van der Waals surface area contributed by atoms with E-state index in [1.807, 2.05) is 43.4 Å². The van der Waals surface area contributed by atoms with Crippen molar-refractivity contribution in [2.24, 2.45) is 5.92 Å². The molecule has 4 nitrogen and oxygen atoms in total. The highest BCUT2D eigenvalue weighted by Crippen LogP contribution is 2.27. The molecule has 156 valence electrons. The van der Waals surface area contributed by atoms with E-state index in [0.717, 1.165) is 24.8 Å². The molecule has 2 N–H and O–H groups in total. The first-order chi connectivity index (χ1) is 14.1. The van der Waals surface area contributed by atoms with Gasteiger partial charge < -0.3 is 10.4 Å². The summed E-state index contributed by atoms with van der Waals surface area (Å²) in [6, 6.07) is 10.1. The second kappa shape index (κ2) is 12.9. The first-order valence-electron chi connectivity index (χ1n) is 10.6. The fourth-order valence-electron chi connectivity index (χ4n) is 3.43. The summed E-state index contributed by atoms with van der Waals surface area (Å²) in [5.41, 5.74) is 2.21. The molecule has 1 amide bonds. The summed E-state index contributed by atoms with van der Waals surface area (Å²) in [6.07, 6.45) is 14.1. The van der Waals surface area contributed by atoms with Crippen molar-refractivity contribution in [1.29, 1.82) is 0 Å². The Morgan fingerprint density at radius 3 is 2.83 bits per heavy atom. The van der Waals surface area contributed by atoms with Crippen LogP contribution >= 0.6 is 0 Å². The largest absolute Gasteiger partial charge is 0.389 e. The number of hydrogen-bond donors (Lipinski definition) is 2. The quantitative estimate of drug-likeness (QED) is 0.409. The van der Waals surface area contributed by atoms with Gasteiger partial charge in [-0.1, -0.05) is 60.7 Å². The van der Waals surface area contributed by atoms with Gasteiger partial charge in [0.05, 0.1) is 6.10 Å². The number of rotatable bonds is 12. The maximum Gasteiger partial charge on any atom is 0.219 e. The fourth-order valence-corrected chi connectivity index (χ4v) is 3.43. The van der Waals surface area contributed by atoms with Crippen molar-refractivity contribution in [2.45, 2.75) is 58.0 Å². The molecule has 4 heteroatoms. The average molecular weight is 396 g/mol. The number of amides is 1. The Bertz CT molecular complexity index is 734. The molecule has 0 unspecified atom stereocenters. The molecule has 0 fully saturated rings. The third kappa shape index (κ3) is 8.61. The van der Waals surface area contributed by atoms with Gasteiger partial charge in [0.25, 0.3) is 0 Å². The minimum absolute atomic E-state index is 0.0908. The number of benzene rings is 1. The van der Waals surface area contributed by atoms with Gasteiger partial charge in [-0.25, -0.2) is 0 Å². The first kappa shape index (κ1) is 22.8. The van der Waals surface area contributed by atoms with Gasteiger partial charge in [0, 0.05) is 25.3 Å². The summed E-state index contributed by atoms with van der Waals surface area (Å²) in [6.45, 7) is 2.58. The molecule has 1 aliphatic carbocycles. The number of unbranched alkanes of at least 4 members (excludes halogenated alkanes) is 1. The van der Waals surface area contributed by atoms with E-state index in [4.69, 9.17) is 0 Å². The molecule has 1 aromatic rings. The van der Waals surface area contributed by atoms with Gasteiger partial charge in [0.1, 0.15) is 5.78 Å². The van der Waals surface area contributed by atoms with Gasteiger partial charge >= 0.3 is 0 Å². The van der Waals surface area contributed by atoms with E-state index in [1.54, 1.807) is 6.08 Å². The third-order valence-electron chi connectivity index (χ3n) is 5.10. The molecule has 0 saturated heterocycles. The summed E-state index contributed by atoms with van der Waals surface area (Å²) >= 11 is 0. The highest BCUT2D eigenvalue weighted by atomic mass is 16.3. The van der Waals surface area contributed by atoms with E-state index in [9.17, 15) is 14.7 Å². The number of aliphatic hydroxyl groups is 1. The minimum atomic E-state index is -0.516. The Morgan fingerprint density at radius 1 is 1.28 bits per heavy atom. The van der Waals surface area contributed by atoms with Crippen molar-refractivity contribution in [3.8, 4) is 0 Å². The van der Waals surface area contributed by atoms with Crippen LogP contribution in [0.4, 0.5) is 0 Å². The molecular weight excluding hydrogens is 362 g/mol. The molecule has 0 heterocycles. The molecule has 0 radical (unpaired) electrons. The van der Waals surface area contributed by atoms with E-state index in [2.05, 4.69) is 23.5 Å². The molecule has 1 aliphatic rings. The summed E-state index contributed by atoms with van der Waals surface area (Å²) in [7, 11) is 0. The first-order valence-corrected chi connectivity index (χ1v) is 10.6. The van der Waals surface area contributed by atoms with Gasteiger partial charge in [0.2, 0.25) is 5.91 Å². The van der Waals surface area contributed by atoms with Crippen molar-refractivity contribution in [1.82, 2.24) is 5.32 Å². The zero-order chi connectivity index (χ0) is 20.9. The van der Waals surface area contributed by atoms with Crippen LogP contribution in [0.1, 0.15) is 51.0 Å². The van der Waals surface area contributed by atoms with Gasteiger partial charge in [-0.3, -0.25) is 9.59 Å². The van der Waals surface area contributed by atoms with E-state index >= 15 is 0 Å². The van der Waals surface area contributed by atoms with Crippen LogP contribution in [-0.2, 0) is 16.0 Å². The number of nitrogens with one attached hydrogen (secondary N) is 1. The predicted octanol–water partition coefficient (Wildman–Crippen LogP) is 4.30. The second-order valence-electron chi connectivity index (χ2n) is 7.43. The zero-order valence-electron chi connectivity index (χ0n) is 17.3. The number of Topliss-reactive ketones (excluding diaryl/α,β-unsaturated/α-hetero) is 1. The molecule has 0 bridgehead atoms. The fraction of sp³-hybridized carbons (Fsp3) is 0.440. The summed E-state index contributed by atoms with van der Waals surface area (Å²) in [5.74, 6) is 0.204. The van der Waals surface area contributed by atoms with Crippen molar-refractivity contribution in [3.63, 3.8) is 0 Å². The Balaban J connectivity index is 1.73. The van der Waals surface area contributed by atoms with Gasteiger partial charge in [0.15, 0.2) is 0 Å². The Morgan fingerprint density at radius 2 is 2.07 bits per heavy atom. The molecular formula is C25H33NO3. The lowest BCUT2D eigenvalue weighted by Crippen LogP contribution is -2.21. The van der Waals surface area contributed by atoms with Crippen molar-refractivity contribution >= 4 is 11.7 Å². The zero-order valence-corrected chi connectivity index (χ0v) is 17.3. The maximum atomic E-state index is 12.2. The van der Waals surface area contributed by atoms with Crippen LogP contribution < -0.4 is 5.32 Å². The molecule has 29 heavy (non-hydrogen) atoms. The molecule has 2 rings (SSSR count). The number of carbonyl (C=O) groups excluding carboxylic acids is 2. The Hall–Kier alpha value is -2.46. The smallest absolute Gasteiger partial charge is 0.219 e. The molecule has 2 atom stereocenters. The lowest BCUT2D eigenvalue weighted by molar-refractivity contribution is -0.121. The van der Waals surface area contributed by atoms with Gasteiger partial charge in [-0.2, -0.15) is 0 Å². The van der Waals surface area contributed by atoms with Crippen LogP contribution in [0.2, 0.25) is 0 Å². The lowest BCUT2D eigenvalue weighted by Gasteiger charge is -2.10. The molecule has 0 aromatic heterocycles. The second-order valence-corrected chi connectivity index (χ2v) is 7.43. The van der Waals surface area contributed by atoms with E-state index in [-0.39, 0.29) is 17.6 Å². The van der Waals surface area contributed by atoms with E-state index in [1.165, 1.54) is 5.56 Å². The number of aryl methyl sites for hydroxylation is 1. The molecule has 1 aromatic carbocycles. The van der Waals surface area contributed by atoms with Crippen LogP contribution in [0, 0.1) is 5.92 Å². The number of carbonyl (C=O) groups is 2.